The van der Waals surface area contributed by atoms with Gasteiger partial charge in [-0.1, -0.05) is 55.5 Å². The van der Waals surface area contributed by atoms with Crippen LogP contribution in [0.5, 0.6) is 11.5 Å². The zero-order valence-electron chi connectivity index (χ0n) is 18.1. The Hall–Kier alpha value is -3.54. The normalized spacial score (nSPS) is 11.6. The molecular formula is C25H28N2O4. The van der Waals surface area contributed by atoms with Crippen LogP contribution in [-0.4, -0.2) is 43.5 Å². The van der Waals surface area contributed by atoms with Crippen LogP contribution in [0.25, 0.3) is 10.8 Å². The highest BCUT2D eigenvalue weighted by Gasteiger charge is 2.28. The SMILES string of the molecule is CCC(C(=O)NC)N(Cc1ccc(OC)cc1)C(=O)COc1cccc2ccccc12. The van der Waals surface area contributed by atoms with E-state index in [2.05, 4.69) is 5.32 Å². The molecule has 0 radical (unpaired) electrons. The predicted octanol–water partition coefficient (Wildman–Crippen LogP) is 3.78. The average Bonchev–Trinajstić information content (AvgIpc) is 2.82. The number of hydrogen-bond acceptors (Lipinski definition) is 4. The number of benzene rings is 3. The summed E-state index contributed by atoms with van der Waals surface area (Å²) in [5, 5.41) is 4.64. The van der Waals surface area contributed by atoms with E-state index in [1.807, 2.05) is 73.7 Å². The molecule has 0 aromatic heterocycles. The van der Waals surface area contributed by atoms with Crippen molar-refractivity contribution >= 4 is 22.6 Å². The summed E-state index contributed by atoms with van der Waals surface area (Å²) in [6.07, 6.45) is 0.496. The number of carbonyl (C=O) groups excluding carboxylic acids is 2. The van der Waals surface area contributed by atoms with Gasteiger partial charge in [-0.3, -0.25) is 9.59 Å². The second kappa shape index (κ2) is 10.5. The number of nitrogens with zero attached hydrogens (tertiary/aromatic N) is 1. The molecule has 0 saturated carbocycles. The Labute approximate surface area is 182 Å². The van der Waals surface area contributed by atoms with Crippen molar-refractivity contribution in [3.05, 3.63) is 72.3 Å². The predicted molar refractivity (Wildman–Crippen MR) is 121 cm³/mol. The number of nitrogens with one attached hydrogen (secondary N) is 1. The molecule has 1 atom stereocenters. The summed E-state index contributed by atoms with van der Waals surface area (Å²) in [5.41, 5.74) is 0.904. The molecule has 1 unspecified atom stereocenters. The molecule has 0 fully saturated rings. The molecule has 0 spiro atoms. The molecule has 0 bridgehead atoms. The van der Waals surface area contributed by atoms with Crippen molar-refractivity contribution in [2.45, 2.75) is 25.9 Å². The Kier molecular flexibility index (Phi) is 7.49. The number of hydrogen-bond donors (Lipinski definition) is 1. The highest BCUT2D eigenvalue weighted by molar-refractivity contribution is 5.90. The lowest BCUT2D eigenvalue weighted by molar-refractivity contribution is -0.142. The van der Waals surface area contributed by atoms with Crippen LogP contribution in [0.15, 0.2) is 66.7 Å². The van der Waals surface area contributed by atoms with Crippen molar-refractivity contribution in [1.82, 2.24) is 10.2 Å². The monoisotopic (exact) mass is 420 g/mol. The van der Waals surface area contributed by atoms with Crippen molar-refractivity contribution in [3.63, 3.8) is 0 Å². The van der Waals surface area contributed by atoms with Gasteiger partial charge < -0.3 is 19.7 Å². The minimum Gasteiger partial charge on any atom is -0.497 e. The molecular weight excluding hydrogens is 392 g/mol. The Balaban J connectivity index is 1.81. The maximum atomic E-state index is 13.2. The second-order valence-corrected chi connectivity index (χ2v) is 7.17. The molecule has 3 rings (SSSR count). The first-order chi connectivity index (χ1) is 15.1. The summed E-state index contributed by atoms with van der Waals surface area (Å²) in [7, 11) is 3.18. The number of ether oxygens (including phenoxy) is 2. The van der Waals surface area contributed by atoms with Crippen LogP contribution in [0, 0.1) is 0 Å². The first-order valence-electron chi connectivity index (χ1n) is 10.3. The molecule has 0 aliphatic rings. The van der Waals surface area contributed by atoms with Crippen molar-refractivity contribution < 1.29 is 19.1 Å². The molecule has 2 amide bonds. The number of methoxy groups -OCH3 is 1. The van der Waals surface area contributed by atoms with Crippen molar-refractivity contribution in [1.29, 1.82) is 0 Å². The zero-order valence-corrected chi connectivity index (χ0v) is 18.1. The van der Waals surface area contributed by atoms with Crippen LogP contribution in [0.2, 0.25) is 0 Å². The molecule has 0 saturated heterocycles. The Morgan fingerprint density at radius 1 is 1.00 bits per heavy atom. The number of amides is 2. The highest BCUT2D eigenvalue weighted by Crippen LogP contribution is 2.25. The van der Waals surface area contributed by atoms with Gasteiger partial charge in [0.2, 0.25) is 5.91 Å². The molecule has 3 aromatic rings. The molecule has 6 heteroatoms. The third-order valence-corrected chi connectivity index (χ3v) is 5.25. The van der Waals surface area contributed by atoms with E-state index in [9.17, 15) is 9.59 Å². The van der Waals surface area contributed by atoms with Gasteiger partial charge in [0.05, 0.1) is 7.11 Å². The quantitative estimate of drug-likeness (QED) is 0.572. The van der Waals surface area contributed by atoms with Gasteiger partial charge in [-0.15, -0.1) is 0 Å². The Bertz CT molecular complexity index is 1030. The lowest BCUT2D eigenvalue weighted by Crippen LogP contribution is -2.49. The highest BCUT2D eigenvalue weighted by atomic mass is 16.5. The first kappa shape index (κ1) is 22.2. The van der Waals surface area contributed by atoms with E-state index < -0.39 is 6.04 Å². The van der Waals surface area contributed by atoms with Crippen LogP contribution in [-0.2, 0) is 16.1 Å². The molecule has 0 aliphatic carbocycles. The number of rotatable bonds is 9. The van der Waals surface area contributed by atoms with Crippen LogP contribution in [0.3, 0.4) is 0 Å². The minimum atomic E-state index is -0.587. The summed E-state index contributed by atoms with van der Waals surface area (Å²) < 4.78 is 11.1. The fourth-order valence-corrected chi connectivity index (χ4v) is 3.56. The third kappa shape index (κ3) is 5.34. The smallest absolute Gasteiger partial charge is 0.261 e. The fourth-order valence-electron chi connectivity index (χ4n) is 3.56. The molecule has 3 aromatic carbocycles. The van der Waals surface area contributed by atoms with Gasteiger partial charge >= 0.3 is 0 Å². The van der Waals surface area contributed by atoms with Crippen LogP contribution >= 0.6 is 0 Å². The second-order valence-electron chi connectivity index (χ2n) is 7.17. The van der Waals surface area contributed by atoms with E-state index >= 15 is 0 Å². The number of carbonyl (C=O) groups is 2. The molecule has 1 N–H and O–H groups in total. The summed E-state index contributed by atoms with van der Waals surface area (Å²) in [5.74, 6) is 0.928. The summed E-state index contributed by atoms with van der Waals surface area (Å²) >= 11 is 0. The third-order valence-electron chi connectivity index (χ3n) is 5.25. The van der Waals surface area contributed by atoms with Crippen molar-refractivity contribution in [3.8, 4) is 11.5 Å². The van der Waals surface area contributed by atoms with Crippen molar-refractivity contribution in [2.24, 2.45) is 0 Å². The largest absolute Gasteiger partial charge is 0.497 e. The maximum absolute atomic E-state index is 13.2. The summed E-state index contributed by atoms with van der Waals surface area (Å²) in [4.78, 5) is 27.2. The lowest BCUT2D eigenvalue weighted by Gasteiger charge is -2.30. The van der Waals surface area contributed by atoms with Gasteiger partial charge in [0.25, 0.3) is 5.91 Å². The van der Waals surface area contributed by atoms with E-state index in [0.29, 0.717) is 18.7 Å². The van der Waals surface area contributed by atoms with Gasteiger partial charge in [0.1, 0.15) is 17.5 Å². The standard InChI is InChI=1S/C25H28N2O4/c1-4-22(25(29)26-2)27(16-18-12-14-20(30-3)15-13-18)24(28)17-31-23-11-7-9-19-8-5-6-10-21(19)23/h5-15,22H,4,16-17H2,1-3H3,(H,26,29). The molecule has 6 nitrogen and oxygen atoms in total. The van der Waals surface area contributed by atoms with Gasteiger partial charge in [-0.2, -0.15) is 0 Å². The van der Waals surface area contributed by atoms with E-state index in [1.165, 1.54) is 0 Å². The molecule has 162 valence electrons. The van der Waals surface area contributed by atoms with Gasteiger partial charge in [0, 0.05) is 19.0 Å². The fraction of sp³-hybridized carbons (Fsp3) is 0.280. The molecule has 0 aliphatic heterocycles. The van der Waals surface area contributed by atoms with Crippen molar-refractivity contribution in [2.75, 3.05) is 20.8 Å². The lowest BCUT2D eigenvalue weighted by atomic mass is 10.1. The Morgan fingerprint density at radius 2 is 1.71 bits per heavy atom. The van der Waals surface area contributed by atoms with E-state index in [1.54, 1.807) is 19.1 Å². The molecule has 0 heterocycles. The van der Waals surface area contributed by atoms with Crippen LogP contribution < -0.4 is 14.8 Å². The van der Waals surface area contributed by atoms with Crippen LogP contribution in [0.4, 0.5) is 0 Å². The molecule has 31 heavy (non-hydrogen) atoms. The Morgan fingerprint density at radius 3 is 2.39 bits per heavy atom. The van der Waals surface area contributed by atoms with Gasteiger partial charge in [-0.25, -0.2) is 0 Å². The first-order valence-corrected chi connectivity index (χ1v) is 10.3. The number of fused-ring (bicyclic) bond motifs is 1. The topological polar surface area (TPSA) is 67.9 Å². The summed E-state index contributed by atoms with van der Waals surface area (Å²) in [6.45, 7) is 2.03. The maximum Gasteiger partial charge on any atom is 0.261 e. The van der Waals surface area contributed by atoms with E-state index in [4.69, 9.17) is 9.47 Å². The zero-order chi connectivity index (χ0) is 22.2. The van der Waals surface area contributed by atoms with E-state index in [0.717, 1.165) is 22.1 Å². The number of likely N-dealkylation sites (N-methyl/N-ethyl adjacent to an activating group) is 1. The van der Waals surface area contributed by atoms with Gasteiger partial charge in [0.15, 0.2) is 6.61 Å². The average molecular weight is 421 g/mol. The summed E-state index contributed by atoms with van der Waals surface area (Å²) in [6, 6.07) is 20.5. The minimum absolute atomic E-state index is 0.155. The van der Waals surface area contributed by atoms with Crippen LogP contribution in [0.1, 0.15) is 18.9 Å². The van der Waals surface area contributed by atoms with Gasteiger partial charge in [-0.05, 0) is 35.6 Å². The van der Waals surface area contributed by atoms with E-state index in [-0.39, 0.29) is 18.4 Å².